The Morgan fingerprint density at radius 3 is 2.55 bits per heavy atom. The molecule has 4 N–H and O–H groups in total. The van der Waals surface area contributed by atoms with Gasteiger partial charge in [-0.05, 0) is 62.1 Å². The highest BCUT2D eigenvalue weighted by molar-refractivity contribution is 14.0. The van der Waals surface area contributed by atoms with Gasteiger partial charge >= 0.3 is 0 Å². The van der Waals surface area contributed by atoms with E-state index in [-0.39, 0.29) is 24.0 Å². The van der Waals surface area contributed by atoms with Crippen LogP contribution in [0.1, 0.15) is 41.8 Å². The molecule has 0 aliphatic heterocycles. The molecule has 0 unspecified atom stereocenters. The topological polar surface area (TPSA) is 98.0 Å². The Labute approximate surface area is 201 Å². The molecule has 0 saturated carbocycles. The summed E-state index contributed by atoms with van der Waals surface area (Å²) in [5.41, 5.74) is 7.97. The number of ether oxygens (including phenoxy) is 2. The van der Waals surface area contributed by atoms with Crippen LogP contribution in [0.5, 0.6) is 11.5 Å². The molecule has 31 heavy (non-hydrogen) atoms. The van der Waals surface area contributed by atoms with Crippen LogP contribution in [-0.4, -0.2) is 38.7 Å². The summed E-state index contributed by atoms with van der Waals surface area (Å²) in [5.74, 6) is 1.84. The number of carbonyl (C=O) groups excluding carboxylic acids is 1. The summed E-state index contributed by atoms with van der Waals surface area (Å²) in [4.78, 5) is 15.9. The summed E-state index contributed by atoms with van der Waals surface area (Å²) < 4.78 is 11.0. The van der Waals surface area contributed by atoms with E-state index in [1.807, 2.05) is 38.1 Å². The lowest BCUT2D eigenvalue weighted by atomic mass is 10.1. The summed E-state index contributed by atoms with van der Waals surface area (Å²) in [5, 5.41) is 6.59. The first-order valence-corrected chi connectivity index (χ1v) is 10.3. The van der Waals surface area contributed by atoms with E-state index < -0.39 is 5.91 Å². The van der Waals surface area contributed by atoms with Gasteiger partial charge in [0.2, 0.25) is 5.91 Å². The number of rotatable bonds is 11. The van der Waals surface area contributed by atoms with Crippen molar-refractivity contribution in [2.24, 2.45) is 10.7 Å². The lowest BCUT2D eigenvalue weighted by Gasteiger charge is -2.13. The molecule has 0 fully saturated rings. The Morgan fingerprint density at radius 2 is 1.87 bits per heavy atom. The van der Waals surface area contributed by atoms with E-state index >= 15 is 0 Å². The Balaban J connectivity index is 0.00000480. The number of guanidine groups is 1. The van der Waals surface area contributed by atoms with Crippen LogP contribution >= 0.6 is 24.0 Å². The lowest BCUT2D eigenvalue weighted by molar-refractivity contribution is 0.1000. The zero-order valence-corrected chi connectivity index (χ0v) is 20.8. The van der Waals surface area contributed by atoms with E-state index in [4.69, 9.17) is 15.2 Å². The number of primary amides is 1. The van der Waals surface area contributed by atoms with Crippen LogP contribution in [0.15, 0.2) is 47.5 Å². The fourth-order valence-electron chi connectivity index (χ4n) is 2.98. The maximum atomic E-state index is 11.3. The molecule has 0 aromatic heterocycles. The fraction of sp³-hybridized carbons (Fsp3) is 0.391. The van der Waals surface area contributed by atoms with Gasteiger partial charge < -0.3 is 25.8 Å². The highest BCUT2D eigenvalue weighted by atomic mass is 127. The third kappa shape index (κ3) is 9.04. The molecule has 2 aromatic carbocycles. The van der Waals surface area contributed by atoms with Crippen molar-refractivity contribution < 1.29 is 14.3 Å². The van der Waals surface area contributed by atoms with Crippen LogP contribution in [0.4, 0.5) is 0 Å². The van der Waals surface area contributed by atoms with Gasteiger partial charge in [-0.2, -0.15) is 0 Å². The molecular formula is C23H33IN4O3. The summed E-state index contributed by atoms with van der Waals surface area (Å²) in [6.45, 7) is 6.60. The molecule has 170 valence electrons. The second kappa shape index (κ2) is 14.5. The van der Waals surface area contributed by atoms with E-state index in [0.29, 0.717) is 18.7 Å². The van der Waals surface area contributed by atoms with Gasteiger partial charge in [0.1, 0.15) is 0 Å². The summed E-state index contributed by atoms with van der Waals surface area (Å²) in [6.07, 6.45) is 1.86. The number of nitrogens with one attached hydrogen (secondary N) is 2. The van der Waals surface area contributed by atoms with Crippen molar-refractivity contribution >= 4 is 35.8 Å². The zero-order chi connectivity index (χ0) is 21.8. The van der Waals surface area contributed by atoms with E-state index in [0.717, 1.165) is 49.0 Å². The zero-order valence-electron chi connectivity index (χ0n) is 18.4. The van der Waals surface area contributed by atoms with Gasteiger partial charge in [-0.15, -0.1) is 24.0 Å². The molecule has 8 heteroatoms. The fourth-order valence-corrected chi connectivity index (χ4v) is 2.98. The molecule has 0 atom stereocenters. The van der Waals surface area contributed by atoms with Crippen molar-refractivity contribution in [1.82, 2.24) is 10.6 Å². The highest BCUT2D eigenvalue weighted by Gasteiger charge is 2.06. The minimum absolute atomic E-state index is 0. The SMILES string of the molecule is CCNC(=NCc1cccc(C(N)=O)c1)NCCCc1ccc(OC)c(OCC)c1.I. The third-order valence-corrected chi connectivity index (χ3v) is 4.44. The van der Waals surface area contributed by atoms with E-state index in [9.17, 15) is 4.79 Å². The normalized spacial score (nSPS) is 10.7. The number of aliphatic imine (C=N–C) groups is 1. The molecule has 0 aliphatic carbocycles. The minimum atomic E-state index is -0.433. The number of carbonyl (C=O) groups is 1. The summed E-state index contributed by atoms with van der Waals surface area (Å²) in [6, 6.07) is 13.3. The van der Waals surface area contributed by atoms with Gasteiger partial charge in [0, 0.05) is 18.7 Å². The number of nitrogens with two attached hydrogens (primary N) is 1. The van der Waals surface area contributed by atoms with Crippen LogP contribution in [0.3, 0.4) is 0 Å². The standard InChI is InChI=1S/C23H32N4O3.HI/c1-4-25-23(27-16-18-8-6-10-19(14-18)22(24)28)26-13-7-9-17-11-12-20(29-3)21(15-17)30-5-2;/h6,8,10-12,14-15H,4-5,7,9,13,16H2,1-3H3,(H2,24,28)(H2,25,26,27);1H. The van der Waals surface area contributed by atoms with Gasteiger partial charge in [0.15, 0.2) is 17.5 Å². The largest absolute Gasteiger partial charge is 0.493 e. The second-order valence-corrected chi connectivity index (χ2v) is 6.71. The molecule has 2 rings (SSSR count). The average Bonchev–Trinajstić information content (AvgIpc) is 2.75. The molecule has 0 heterocycles. The number of nitrogens with zero attached hydrogens (tertiary/aromatic N) is 1. The Morgan fingerprint density at radius 1 is 1.06 bits per heavy atom. The predicted octanol–water partition coefficient (Wildman–Crippen LogP) is 3.50. The molecule has 1 amide bonds. The second-order valence-electron chi connectivity index (χ2n) is 6.71. The number of hydrogen-bond donors (Lipinski definition) is 3. The van der Waals surface area contributed by atoms with Gasteiger partial charge in [-0.1, -0.05) is 18.2 Å². The predicted molar refractivity (Wildman–Crippen MR) is 136 cm³/mol. The number of benzene rings is 2. The van der Waals surface area contributed by atoms with Crippen molar-refractivity contribution in [2.75, 3.05) is 26.8 Å². The molecule has 0 aliphatic rings. The number of methoxy groups -OCH3 is 1. The quantitative estimate of drug-likeness (QED) is 0.176. The Hall–Kier alpha value is -2.49. The number of aryl methyl sites for hydroxylation is 1. The molecule has 7 nitrogen and oxygen atoms in total. The van der Waals surface area contributed by atoms with Crippen LogP contribution in [-0.2, 0) is 13.0 Å². The monoisotopic (exact) mass is 540 g/mol. The summed E-state index contributed by atoms with van der Waals surface area (Å²) in [7, 11) is 1.65. The average molecular weight is 540 g/mol. The number of hydrogen-bond acceptors (Lipinski definition) is 4. The molecule has 0 bridgehead atoms. The molecule has 0 radical (unpaired) electrons. The molecule has 0 spiro atoms. The van der Waals surface area contributed by atoms with Crippen LogP contribution < -0.4 is 25.8 Å². The lowest BCUT2D eigenvalue weighted by Crippen LogP contribution is -2.37. The highest BCUT2D eigenvalue weighted by Crippen LogP contribution is 2.28. The summed E-state index contributed by atoms with van der Waals surface area (Å²) >= 11 is 0. The molecule has 0 saturated heterocycles. The first kappa shape index (κ1) is 26.5. The van der Waals surface area contributed by atoms with Gasteiger partial charge in [-0.25, -0.2) is 4.99 Å². The van der Waals surface area contributed by atoms with E-state index in [1.54, 1.807) is 19.2 Å². The van der Waals surface area contributed by atoms with Crippen molar-refractivity contribution in [3.63, 3.8) is 0 Å². The van der Waals surface area contributed by atoms with E-state index in [1.165, 1.54) is 5.56 Å². The maximum Gasteiger partial charge on any atom is 0.248 e. The smallest absolute Gasteiger partial charge is 0.248 e. The third-order valence-electron chi connectivity index (χ3n) is 4.44. The molecular weight excluding hydrogens is 507 g/mol. The van der Waals surface area contributed by atoms with Crippen molar-refractivity contribution in [1.29, 1.82) is 0 Å². The first-order valence-electron chi connectivity index (χ1n) is 10.3. The maximum absolute atomic E-state index is 11.3. The molecule has 2 aromatic rings. The van der Waals surface area contributed by atoms with Crippen LogP contribution in [0.25, 0.3) is 0 Å². The van der Waals surface area contributed by atoms with Crippen LogP contribution in [0.2, 0.25) is 0 Å². The number of amides is 1. The van der Waals surface area contributed by atoms with Gasteiger partial charge in [-0.3, -0.25) is 4.79 Å². The van der Waals surface area contributed by atoms with Crippen molar-refractivity contribution in [3.05, 3.63) is 59.2 Å². The Bertz CT molecular complexity index is 858. The Kier molecular flexibility index (Phi) is 12.4. The number of halogens is 1. The van der Waals surface area contributed by atoms with E-state index in [2.05, 4.69) is 21.7 Å². The first-order chi connectivity index (χ1) is 14.6. The van der Waals surface area contributed by atoms with Crippen molar-refractivity contribution in [3.8, 4) is 11.5 Å². The van der Waals surface area contributed by atoms with Crippen molar-refractivity contribution in [2.45, 2.75) is 33.2 Å². The van der Waals surface area contributed by atoms with Gasteiger partial charge in [0.05, 0.1) is 20.3 Å². The van der Waals surface area contributed by atoms with Crippen LogP contribution in [0, 0.1) is 0 Å². The minimum Gasteiger partial charge on any atom is -0.493 e. The van der Waals surface area contributed by atoms with Gasteiger partial charge in [0.25, 0.3) is 0 Å².